The van der Waals surface area contributed by atoms with E-state index in [2.05, 4.69) is 59.6 Å². The van der Waals surface area contributed by atoms with Crippen molar-refractivity contribution in [2.24, 2.45) is 4.99 Å². The largest absolute Gasteiger partial charge is 0.481 e. The molecule has 1 aromatic carbocycles. The van der Waals surface area contributed by atoms with Crippen LogP contribution >= 0.6 is 0 Å². The predicted octanol–water partition coefficient (Wildman–Crippen LogP) is 3.00. The number of aryl methyl sites for hydroxylation is 2. The lowest BCUT2D eigenvalue weighted by Gasteiger charge is -2.12. The van der Waals surface area contributed by atoms with E-state index in [9.17, 15) is 0 Å². The summed E-state index contributed by atoms with van der Waals surface area (Å²) >= 11 is 0. The van der Waals surface area contributed by atoms with Crippen LogP contribution in [-0.4, -0.2) is 31.1 Å². The second-order valence-electron chi connectivity index (χ2n) is 6.08. The number of nitrogens with one attached hydrogen (secondary N) is 2. The minimum absolute atomic E-state index is 0.579. The first-order valence-electron chi connectivity index (χ1n) is 8.69. The summed E-state index contributed by atoms with van der Waals surface area (Å²) in [4.78, 5) is 8.83. The van der Waals surface area contributed by atoms with Crippen molar-refractivity contribution < 1.29 is 4.74 Å². The number of ether oxygens (including phenoxy) is 1. The predicted molar refractivity (Wildman–Crippen MR) is 103 cm³/mol. The van der Waals surface area contributed by atoms with Crippen LogP contribution in [0.5, 0.6) is 5.88 Å². The first-order chi connectivity index (χ1) is 12.1. The van der Waals surface area contributed by atoms with Gasteiger partial charge in [0, 0.05) is 25.4 Å². The van der Waals surface area contributed by atoms with Gasteiger partial charge in [-0.05, 0) is 38.3 Å². The smallest absolute Gasteiger partial charge is 0.212 e. The SMILES string of the molecule is CCNC(=NCc1ccc(OC)nc1)NCCc1cc(C)cc(C)c1. The molecule has 2 aromatic rings. The van der Waals surface area contributed by atoms with E-state index in [1.54, 1.807) is 13.3 Å². The van der Waals surface area contributed by atoms with Gasteiger partial charge in [-0.3, -0.25) is 0 Å². The lowest BCUT2D eigenvalue weighted by Crippen LogP contribution is -2.38. The quantitative estimate of drug-likeness (QED) is 0.601. The number of rotatable bonds is 7. The van der Waals surface area contributed by atoms with E-state index in [0.717, 1.165) is 31.0 Å². The summed E-state index contributed by atoms with van der Waals surface area (Å²) in [5.41, 5.74) is 5.01. The molecule has 0 aliphatic rings. The number of pyridine rings is 1. The number of aromatic nitrogens is 1. The maximum Gasteiger partial charge on any atom is 0.212 e. The lowest BCUT2D eigenvalue weighted by atomic mass is 10.1. The van der Waals surface area contributed by atoms with Gasteiger partial charge in [-0.1, -0.05) is 35.4 Å². The molecular weight excluding hydrogens is 312 g/mol. The first-order valence-corrected chi connectivity index (χ1v) is 8.69. The average Bonchev–Trinajstić information content (AvgIpc) is 2.59. The second kappa shape index (κ2) is 9.67. The van der Waals surface area contributed by atoms with Gasteiger partial charge in [0.2, 0.25) is 5.88 Å². The molecule has 0 fully saturated rings. The fourth-order valence-corrected chi connectivity index (χ4v) is 2.68. The molecule has 1 heterocycles. The highest BCUT2D eigenvalue weighted by atomic mass is 16.5. The Morgan fingerprint density at radius 3 is 2.44 bits per heavy atom. The average molecular weight is 340 g/mol. The van der Waals surface area contributed by atoms with E-state index in [4.69, 9.17) is 4.74 Å². The van der Waals surface area contributed by atoms with Crippen LogP contribution in [0.25, 0.3) is 0 Å². The number of hydrogen-bond donors (Lipinski definition) is 2. The number of nitrogens with zero attached hydrogens (tertiary/aromatic N) is 2. The van der Waals surface area contributed by atoms with E-state index in [-0.39, 0.29) is 0 Å². The van der Waals surface area contributed by atoms with E-state index >= 15 is 0 Å². The number of aliphatic imine (C=N–C) groups is 1. The van der Waals surface area contributed by atoms with Crippen molar-refractivity contribution in [1.29, 1.82) is 0 Å². The Morgan fingerprint density at radius 1 is 1.08 bits per heavy atom. The number of benzene rings is 1. The van der Waals surface area contributed by atoms with Crippen molar-refractivity contribution in [3.63, 3.8) is 0 Å². The maximum absolute atomic E-state index is 5.07. The van der Waals surface area contributed by atoms with Gasteiger partial charge in [0.15, 0.2) is 5.96 Å². The van der Waals surface area contributed by atoms with Crippen molar-refractivity contribution in [1.82, 2.24) is 15.6 Å². The van der Waals surface area contributed by atoms with Crippen molar-refractivity contribution in [3.8, 4) is 5.88 Å². The number of guanidine groups is 1. The molecule has 0 atom stereocenters. The van der Waals surface area contributed by atoms with E-state index in [1.165, 1.54) is 16.7 Å². The molecule has 25 heavy (non-hydrogen) atoms. The molecule has 0 spiro atoms. The second-order valence-corrected chi connectivity index (χ2v) is 6.08. The Kier molecular flexibility index (Phi) is 7.26. The summed E-state index contributed by atoms with van der Waals surface area (Å²) in [5, 5.41) is 6.67. The normalized spacial score (nSPS) is 11.3. The van der Waals surface area contributed by atoms with Crippen LogP contribution in [0.2, 0.25) is 0 Å². The Bertz CT molecular complexity index is 675. The fraction of sp³-hybridized carbons (Fsp3) is 0.400. The molecule has 2 N–H and O–H groups in total. The van der Waals surface area contributed by atoms with Crippen LogP contribution in [-0.2, 0) is 13.0 Å². The van der Waals surface area contributed by atoms with Gasteiger partial charge in [-0.25, -0.2) is 9.98 Å². The van der Waals surface area contributed by atoms with Crippen molar-refractivity contribution in [2.45, 2.75) is 33.7 Å². The van der Waals surface area contributed by atoms with Crippen molar-refractivity contribution in [2.75, 3.05) is 20.2 Å². The summed E-state index contributed by atoms with van der Waals surface area (Å²) in [6.07, 6.45) is 2.76. The van der Waals surface area contributed by atoms with Gasteiger partial charge in [0.05, 0.1) is 13.7 Å². The zero-order valence-corrected chi connectivity index (χ0v) is 15.6. The minimum atomic E-state index is 0.579. The van der Waals surface area contributed by atoms with Gasteiger partial charge < -0.3 is 15.4 Å². The van der Waals surface area contributed by atoms with Gasteiger partial charge in [-0.2, -0.15) is 0 Å². The standard InChI is InChI=1S/C20H28N4O/c1-5-21-20(24-14-18-6-7-19(25-4)23-13-18)22-9-8-17-11-15(2)10-16(3)12-17/h6-7,10-13H,5,8-9,14H2,1-4H3,(H2,21,22,24). The van der Waals surface area contributed by atoms with Crippen molar-refractivity contribution >= 4 is 5.96 Å². The number of methoxy groups -OCH3 is 1. The summed E-state index contributed by atoms with van der Waals surface area (Å²) < 4.78 is 5.07. The van der Waals surface area contributed by atoms with Gasteiger partial charge in [0.1, 0.15) is 0 Å². The molecule has 0 bridgehead atoms. The summed E-state index contributed by atoms with van der Waals surface area (Å²) in [6.45, 7) is 8.59. The van der Waals surface area contributed by atoms with Crippen LogP contribution in [0, 0.1) is 13.8 Å². The Hall–Kier alpha value is -2.56. The molecule has 0 radical (unpaired) electrons. The number of hydrogen-bond acceptors (Lipinski definition) is 3. The molecule has 0 saturated heterocycles. The molecule has 1 aromatic heterocycles. The zero-order valence-electron chi connectivity index (χ0n) is 15.6. The topological polar surface area (TPSA) is 58.5 Å². The minimum Gasteiger partial charge on any atom is -0.481 e. The Morgan fingerprint density at radius 2 is 1.84 bits per heavy atom. The molecule has 0 aliphatic carbocycles. The van der Waals surface area contributed by atoms with Crippen molar-refractivity contribution in [3.05, 3.63) is 58.8 Å². The van der Waals surface area contributed by atoms with E-state index in [1.807, 2.05) is 12.1 Å². The molecule has 0 amide bonds. The Balaban J connectivity index is 1.90. The molecule has 0 saturated carbocycles. The van der Waals surface area contributed by atoms with Crippen LogP contribution in [0.15, 0.2) is 41.5 Å². The third-order valence-electron chi connectivity index (χ3n) is 3.76. The van der Waals surface area contributed by atoms with Crippen LogP contribution in [0.1, 0.15) is 29.2 Å². The highest BCUT2D eigenvalue weighted by molar-refractivity contribution is 5.79. The monoisotopic (exact) mass is 340 g/mol. The summed E-state index contributed by atoms with van der Waals surface area (Å²) in [7, 11) is 1.61. The van der Waals surface area contributed by atoms with E-state index < -0.39 is 0 Å². The van der Waals surface area contributed by atoms with Crippen LogP contribution < -0.4 is 15.4 Å². The third kappa shape index (κ3) is 6.45. The highest BCUT2D eigenvalue weighted by Crippen LogP contribution is 2.09. The van der Waals surface area contributed by atoms with E-state index in [0.29, 0.717) is 12.4 Å². The lowest BCUT2D eigenvalue weighted by molar-refractivity contribution is 0.397. The molecular formula is C20H28N4O. The maximum atomic E-state index is 5.07. The van der Waals surface area contributed by atoms with Gasteiger partial charge in [0.25, 0.3) is 0 Å². The van der Waals surface area contributed by atoms with Gasteiger partial charge >= 0.3 is 0 Å². The zero-order chi connectivity index (χ0) is 18.1. The third-order valence-corrected chi connectivity index (χ3v) is 3.76. The molecule has 0 aliphatic heterocycles. The van der Waals surface area contributed by atoms with Crippen LogP contribution in [0.3, 0.4) is 0 Å². The molecule has 2 rings (SSSR count). The molecule has 5 nitrogen and oxygen atoms in total. The summed E-state index contributed by atoms with van der Waals surface area (Å²) in [6, 6.07) is 10.5. The highest BCUT2D eigenvalue weighted by Gasteiger charge is 2.00. The molecule has 134 valence electrons. The van der Waals surface area contributed by atoms with Gasteiger partial charge in [-0.15, -0.1) is 0 Å². The summed E-state index contributed by atoms with van der Waals surface area (Å²) in [5.74, 6) is 1.44. The molecule has 5 heteroatoms. The van der Waals surface area contributed by atoms with Crippen LogP contribution in [0.4, 0.5) is 0 Å². The fourth-order valence-electron chi connectivity index (χ4n) is 2.68. The first kappa shape index (κ1) is 18.8. The Labute approximate surface area is 150 Å². The molecule has 0 unspecified atom stereocenters.